The lowest BCUT2D eigenvalue weighted by molar-refractivity contribution is -0.158. The molecular weight excluding hydrogens is 444 g/mol. The Morgan fingerprint density at radius 3 is 2.06 bits per heavy atom. The number of carbonyl (C=O) groups excluding carboxylic acids is 2. The number of nitrogens with zero attached hydrogens (tertiary/aromatic N) is 2. The quantitative estimate of drug-likeness (QED) is 0.474. The molecule has 0 spiro atoms. The molecule has 2 aromatic rings. The fourth-order valence-corrected chi connectivity index (χ4v) is 4.38. The van der Waals surface area contributed by atoms with Gasteiger partial charge in [-0.05, 0) is 42.2 Å². The molecule has 3 rings (SSSR count). The summed E-state index contributed by atoms with van der Waals surface area (Å²) in [5.74, 6) is 1.66. The zero-order valence-corrected chi connectivity index (χ0v) is 21.5. The SMILES string of the molecule is CCCC=CCN1C(=O)[C@H](Cc2ccc(-c3cc(OC)c(OC)c(OC)c3)cc2)N(C)C(=O)[C@@H]1C. The third kappa shape index (κ3) is 5.61. The summed E-state index contributed by atoms with van der Waals surface area (Å²) in [4.78, 5) is 29.4. The molecule has 2 atom stereocenters. The Hall–Kier alpha value is -3.48. The highest BCUT2D eigenvalue weighted by Crippen LogP contribution is 2.41. The highest BCUT2D eigenvalue weighted by atomic mass is 16.5. The molecule has 1 aliphatic heterocycles. The van der Waals surface area contributed by atoms with Gasteiger partial charge in [0.2, 0.25) is 17.6 Å². The molecule has 0 unspecified atom stereocenters. The van der Waals surface area contributed by atoms with Gasteiger partial charge >= 0.3 is 0 Å². The van der Waals surface area contributed by atoms with Gasteiger partial charge in [0.15, 0.2) is 11.5 Å². The van der Waals surface area contributed by atoms with E-state index in [0.717, 1.165) is 29.5 Å². The van der Waals surface area contributed by atoms with Crippen LogP contribution in [0.5, 0.6) is 17.2 Å². The smallest absolute Gasteiger partial charge is 0.246 e. The number of likely N-dealkylation sites (N-methyl/N-ethyl adjacent to an activating group) is 1. The number of amides is 2. The van der Waals surface area contributed by atoms with Gasteiger partial charge in [-0.3, -0.25) is 9.59 Å². The lowest BCUT2D eigenvalue weighted by Crippen LogP contribution is -2.63. The molecule has 35 heavy (non-hydrogen) atoms. The summed E-state index contributed by atoms with van der Waals surface area (Å²) in [7, 11) is 6.47. The minimum Gasteiger partial charge on any atom is -0.493 e. The molecule has 0 saturated carbocycles. The fraction of sp³-hybridized carbons (Fsp3) is 0.429. The van der Waals surface area contributed by atoms with Gasteiger partial charge in [-0.2, -0.15) is 0 Å². The van der Waals surface area contributed by atoms with Gasteiger partial charge in [0, 0.05) is 20.0 Å². The average Bonchev–Trinajstić information content (AvgIpc) is 2.89. The van der Waals surface area contributed by atoms with Crippen molar-refractivity contribution in [1.82, 2.24) is 9.80 Å². The van der Waals surface area contributed by atoms with E-state index in [2.05, 4.69) is 13.0 Å². The normalized spacial score (nSPS) is 18.3. The molecule has 188 valence electrons. The lowest BCUT2D eigenvalue weighted by atomic mass is 9.96. The number of hydrogen-bond acceptors (Lipinski definition) is 5. The van der Waals surface area contributed by atoms with Crippen LogP contribution in [0.1, 0.15) is 32.3 Å². The predicted octanol–water partition coefficient (Wildman–Crippen LogP) is 4.34. The van der Waals surface area contributed by atoms with Crippen LogP contribution in [0.3, 0.4) is 0 Å². The zero-order chi connectivity index (χ0) is 25.5. The molecule has 1 fully saturated rings. The van der Waals surface area contributed by atoms with Crippen molar-refractivity contribution < 1.29 is 23.8 Å². The molecule has 7 heteroatoms. The number of hydrogen-bond donors (Lipinski definition) is 0. The van der Waals surface area contributed by atoms with E-state index in [1.165, 1.54) is 0 Å². The largest absolute Gasteiger partial charge is 0.493 e. The summed E-state index contributed by atoms with van der Waals surface area (Å²) < 4.78 is 16.4. The molecule has 0 radical (unpaired) electrons. The number of methoxy groups -OCH3 is 3. The Labute approximate surface area is 208 Å². The maximum atomic E-state index is 13.3. The highest BCUT2D eigenvalue weighted by Gasteiger charge is 2.41. The van der Waals surface area contributed by atoms with Gasteiger partial charge in [0.25, 0.3) is 0 Å². The van der Waals surface area contributed by atoms with E-state index < -0.39 is 12.1 Å². The highest BCUT2D eigenvalue weighted by molar-refractivity contribution is 5.96. The first kappa shape index (κ1) is 26.1. The van der Waals surface area contributed by atoms with Gasteiger partial charge < -0.3 is 24.0 Å². The van der Waals surface area contributed by atoms with E-state index in [4.69, 9.17) is 14.2 Å². The van der Waals surface area contributed by atoms with Gasteiger partial charge in [0.1, 0.15) is 12.1 Å². The summed E-state index contributed by atoms with van der Waals surface area (Å²) in [6.45, 7) is 4.36. The number of carbonyl (C=O) groups is 2. The number of piperazine rings is 1. The maximum Gasteiger partial charge on any atom is 0.246 e. The molecule has 1 heterocycles. The molecule has 1 aliphatic rings. The number of benzene rings is 2. The number of rotatable bonds is 10. The van der Waals surface area contributed by atoms with Crippen molar-refractivity contribution in [3.8, 4) is 28.4 Å². The summed E-state index contributed by atoms with van der Waals surface area (Å²) in [6.07, 6.45) is 6.53. The van der Waals surface area contributed by atoms with Crippen LogP contribution < -0.4 is 14.2 Å². The van der Waals surface area contributed by atoms with E-state index >= 15 is 0 Å². The maximum absolute atomic E-state index is 13.3. The fourth-order valence-electron chi connectivity index (χ4n) is 4.38. The zero-order valence-electron chi connectivity index (χ0n) is 21.5. The Morgan fingerprint density at radius 1 is 0.886 bits per heavy atom. The summed E-state index contributed by atoms with van der Waals surface area (Å²) in [6, 6.07) is 10.8. The third-order valence-corrected chi connectivity index (χ3v) is 6.51. The van der Waals surface area contributed by atoms with Crippen molar-refractivity contribution >= 4 is 11.8 Å². The lowest BCUT2D eigenvalue weighted by Gasteiger charge is -2.42. The molecule has 7 nitrogen and oxygen atoms in total. The molecule has 1 saturated heterocycles. The van der Waals surface area contributed by atoms with Crippen LogP contribution in [0.4, 0.5) is 0 Å². The van der Waals surface area contributed by atoms with Gasteiger partial charge in [-0.15, -0.1) is 0 Å². The van der Waals surface area contributed by atoms with E-state index in [-0.39, 0.29) is 11.8 Å². The van der Waals surface area contributed by atoms with Gasteiger partial charge in [0.05, 0.1) is 21.3 Å². The second-order valence-electron chi connectivity index (χ2n) is 8.71. The van der Waals surface area contributed by atoms with Crippen LogP contribution in [-0.4, -0.2) is 68.6 Å². The Bertz CT molecular complexity index is 1040. The first-order chi connectivity index (χ1) is 16.9. The van der Waals surface area contributed by atoms with E-state index in [9.17, 15) is 9.59 Å². The van der Waals surface area contributed by atoms with Crippen molar-refractivity contribution in [1.29, 1.82) is 0 Å². The Kier molecular flexibility index (Phi) is 8.79. The molecule has 0 N–H and O–H groups in total. The van der Waals surface area contributed by atoms with E-state index in [1.807, 2.05) is 42.5 Å². The summed E-state index contributed by atoms with van der Waals surface area (Å²) in [5.41, 5.74) is 2.88. The van der Waals surface area contributed by atoms with Crippen molar-refractivity contribution in [2.45, 2.75) is 45.2 Å². The molecule has 2 aromatic carbocycles. The standard InChI is InChI=1S/C28H36N2O5/c1-7-8-9-10-15-30-19(2)27(31)29(3)23(28(30)32)16-20-11-13-21(14-12-20)22-17-24(33-4)26(35-6)25(18-22)34-5/h9-14,17-19,23H,7-8,15-16H2,1-6H3/t19-,23-/m0/s1. The second-order valence-corrected chi connectivity index (χ2v) is 8.71. The van der Waals surface area contributed by atoms with Crippen LogP contribution in [-0.2, 0) is 16.0 Å². The topological polar surface area (TPSA) is 68.3 Å². The Balaban J connectivity index is 1.81. The van der Waals surface area contributed by atoms with E-state index in [0.29, 0.717) is 30.2 Å². The van der Waals surface area contributed by atoms with Crippen LogP contribution in [0, 0.1) is 0 Å². The minimum atomic E-state index is -0.523. The van der Waals surface area contributed by atoms with Crippen LogP contribution in [0.2, 0.25) is 0 Å². The molecule has 2 amide bonds. The van der Waals surface area contributed by atoms with Crippen LogP contribution in [0.25, 0.3) is 11.1 Å². The van der Waals surface area contributed by atoms with Crippen molar-refractivity contribution in [2.24, 2.45) is 0 Å². The molecule has 0 bridgehead atoms. The minimum absolute atomic E-state index is 0.0190. The van der Waals surface area contributed by atoms with Crippen molar-refractivity contribution in [3.63, 3.8) is 0 Å². The van der Waals surface area contributed by atoms with Gasteiger partial charge in [-0.1, -0.05) is 49.8 Å². The monoisotopic (exact) mass is 480 g/mol. The van der Waals surface area contributed by atoms with Crippen molar-refractivity contribution in [3.05, 3.63) is 54.1 Å². The molecular formula is C28H36N2O5. The second kappa shape index (κ2) is 11.8. The average molecular weight is 481 g/mol. The van der Waals surface area contributed by atoms with Crippen LogP contribution in [0.15, 0.2) is 48.6 Å². The van der Waals surface area contributed by atoms with Crippen LogP contribution >= 0.6 is 0 Å². The number of ether oxygens (including phenoxy) is 3. The number of allylic oxidation sites excluding steroid dienone is 1. The molecule has 0 aliphatic carbocycles. The van der Waals surface area contributed by atoms with E-state index in [1.54, 1.807) is 45.1 Å². The predicted molar refractivity (Wildman–Crippen MR) is 137 cm³/mol. The summed E-state index contributed by atoms with van der Waals surface area (Å²) >= 11 is 0. The molecule has 0 aromatic heterocycles. The first-order valence-electron chi connectivity index (χ1n) is 12.0. The van der Waals surface area contributed by atoms with Crippen molar-refractivity contribution in [2.75, 3.05) is 34.9 Å². The Morgan fingerprint density at radius 2 is 1.51 bits per heavy atom. The van der Waals surface area contributed by atoms with Gasteiger partial charge in [-0.25, -0.2) is 0 Å². The first-order valence-corrected chi connectivity index (χ1v) is 12.0. The summed E-state index contributed by atoms with van der Waals surface area (Å²) in [5, 5.41) is 0. The number of unbranched alkanes of at least 4 members (excludes halogenated alkanes) is 1. The third-order valence-electron chi connectivity index (χ3n) is 6.51.